The largest absolute Gasteiger partial charge is 0.478 e. The zero-order chi connectivity index (χ0) is 24.3. The van der Waals surface area contributed by atoms with E-state index in [9.17, 15) is 9.90 Å². The molecule has 7 nitrogen and oxygen atoms in total. The summed E-state index contributed by atoms with van der Waals surface area (Å²) in [5.41, 5.74) is 9.31. The monoisotopic (exact) mass is 531 g/mol. The van der Waals surface area contributed by atoms with Gasteiger partial charge in [0.25, 0.3) is 0 Å². The molecule has 0 saturated heterocycles. The third-order valence-electron chi connectivity index (χ3n) is 6.34. The normalized spacial score (nSPS) is 14.4. The molecular formula is C26H38BrN5O2. The molecule has 186 valence electrons. The first-order valence-corrected chi connectivity index (χ1v) is 13.3. The highest BCUT2D eigenvalue weighted by molar-refractivity contribution is 9.10. The molecule has 1 aliphatic heterocycles. The molecule has 34 heavy (non-hydrogen) atoms. The van der Waals surface area contributed by atoms with Crippen molar-refractivity contribution in [2.24, 2.45) is 5.73 Å². The number of anilines is 2. The van der Waals surface area contributed by atoms with Crippen molar-refractivity contribution in [3.05, 3.63) is 40.8 Å². The van der Waals surface area contributed by atoms with Crippen LogP contribution < -0.4 is 16.0 Å². The van der Waals surface area contributed by atoms with Crippen LogP contribution in [-0.2, 0) is 4.79 Å². The Bertz CT molecular complexity index is 1000. The van der Waals surface area contributed by atoms with E-state index >= 15 is 0 Å². The van der Waals surface area contributed by atoms with Gasteiger partial charge < -0.3 is 26.0 Å². The lowest BCUT2D eigenvalue weighted by molar-refractivity contribution is -0.132. The standard InChI is InChI=1S/C26H38BrN5O2/c1-2-3-4-5-6-7-8-9-10-13-20(28)15-29-24-21(27)16-30-25-23(24)22(17-31-25)32-14-11-12-19(18-32)26(33)34/h11-12,14,16-17,20H,2-10,13,15,18,28H2,1H3,(H,33,34)(H2,29,30,31). The van der Waals surface area contributed by atoms with Gasteiger partial charge >= 0.3 is 5.97 Å². The molecule has 0 aromatic carbocycles. The topological polar surface area (TPSA) is 107 Å². The smallest absolute Gasteiger partial charge is 0.333 e. The number of fused-ring (bicyclic) bond motifs is 1. The third-order valence-corrected chi connectivity index (χ3v) is 6.94. The maximum Gasteiger partial charge on any atom is 0.333 e. The molecule has 0 aliphatic carbocycles. The summed E-state index contributed by atoms with van der Waals surface area (Å²) in [7, 11) is 0. The molecular weight excluding hydrogens is 494 g/mol. The van der Waals surface area contributed by atoms with Gasteiger partial charge in [-0.2, -0.15) is 0 Å². The molecule has 3 rings (SSSR count). The highest BCUT2D eigenvalue weighted by atomic mass is 79.9. The molecule has 0 radical (unpaired) electrons. The van der Waals surface area contributed by atoms with Gasteiger partial charge in [0.05, 0.1) is 33.4 Å². The minimum Gasteiger partial charge on any atom is -0.478 e. The summed E-state index contributed by atoms with van der Waals surface area (Å²) < 4.78 is 0.853. The van der Waals surface area contributed by atoms with Crippen LogP contribution in [-0.4, -0.2) is 40.2 Å². The lowest BCUT2D eigenvalue weighted by atomic mass is 10.0. The predicted octanol–water partition coefficient (Wildman–Crippen LogP) is 6.33. The van der Waals surface area contributed by atoms with Crippen LogP contribution in [0.2, 0.25) is 0 Å². The number of carbonyl (C=O) groups is 1. The third kappa shape index (κ3) is 7.34. The van der Waals surface area contributed by atoms with Gasteiger partial charge in [-0.15, -0.1) is 0 Å². The predicted molar refractivity (Wildman–Crippen MR) is 144 cm³/mol. The van der Waals surface area contributed by atoms with Crippen LogP contribution in [0.25, 0.3) is 11.0 Å². The van der Waals surface area contributed by atoms with E-state index in [1.165, 1.54) is 51.4 Å². The first-order valence-electron chi connectivity index (χ1n) is 12.5. The molecule has 5 N–H and O–H groups in total. The average Bonchev–Trinajstić information content (AvgIpc) is 3.27. The number of H-pyrrole nitrogens is 1. The summed E-state index contributed by atoms with van der Waals surface area (Å²) in [6.45, 7) is 3.21. The minimum atomic E-state index is -0.908. The number of carboxylic acid groups (broad SMARTS) is 1. The second kappa shape index (κ2) is 13.5. The van der Waals surface area contributed by atoms with Crippen LogP contribution in [0.5, 0.6) is 0 Å². The summed E-state index contributed by atoms with van der Waals surface area (Å²) in [6, 6.07) is 0.0680. The maximum atomic E-state index is 11.4. The van der Waals surface area contributed by atoms with Crippen molar-refractivity contribution in [3.8, 4) is 0 Å². The average molecular weight is 533 g/mol. The van der Waals surface area contributed by atoms with E-state index in [1.54, 1.807) is 18.3 Å². The quantitative estimate of drug-likeness (QED) is 0.200. The number of hydrogen-bond donors (Lipinski definition) is 4. The van der Waals surface area contributed by atoms with Crippen LogP contribution in [0.1, 0.15) is 71.1 Å². The van der Waals surface area contributed by atoms with Crippen molar-refractivity contribution < 1.29 is 9.90 Å². The number of aromatic amines is 1. The fraction of sp³-hybridized carbons (Fsp3) is 0.538. The number of nitrogens with one attached hydrogen (secondary N) is 2. The minimum absolute atomic E-state index is 0.0680. The lowest BCUT2D eigenvalue weighted by Gasteiger charge is -2.23. The van der Waals surface area contributed by atoms with Crippen molar-refractivity contribution in [2.45, 2.75) is 77.2 Å². The molecule has 0 spiro atoms. The molecule has 0 fully saturated rings. The summed E-state index contributed by atoms with van der Waals surface area (Å²) in [5, 5.41) is 13.8. The van der Waals surface area contributed by atoms with Crippen LogP contribution in [0, 0.1) is 0 Å². The van der Waals surface area contributed by atoms with Crippen molar-refractivity contribution >= 4 is 44.3 Å². The van der Waals surface area contributed by atoms with Gasteiger partial charge in [0, 0.05) is 31.2 Å². The number of carboxylic acids is 1. The van der Waals surface area contributed by atoms with Crippen molar-refractivity contribution in [3.63, 3.8) is 0 Å². The van der Waals surface area contributed by atoms with Gasteiger partial charge in [-0.05, 0) is 34.5 Å². The Morgan fingerprint density at radius 3 is 2.65 bits per heavy atom. The van der Waals surface area contributed by atoms with Crippen molar-refractivity contribution in [2.75, 3.05) is 23.3 Å². The summed E-state index contributed by atoms with van der Waals surface area (Å²) >= 11 is 3.63. The highest BCUT2D eigenvalue weighted by Crippen LogP contribution is 2.37. The van der Waals surface area contributed by atoms with Gasteiger partial charge in [-0.3, -0.25) is 0 Å². The number of nitrogens with zero attached hydrogens (tertiary/aromatic N) is 2. The van der Waals surface area contributed by atoms with E-state index in [1.807, 2.05) is 17.3 Å². The second-order valence-corrected chi connectivity index (χ2v) is 9.96. The number of pyridine rings is 1. The maximum absolute atomic E-state index is 11.4. The van der Waals surface area contributed by atoms with E-state index in [0.29, 0.717) is 18.7 Å². The molecule has 0 bridgehead atoms. The zero-order valence-corrected chi connectivity index (χ0v) is 21.7. The number of nitrogens with two attached hydrogens (primary N) is 1. The Hall–Kier alpha value is -2.32. The van der Waals surface area contributed by atoms with E-state index in [4.69, 9.17) is 5.73 Å². The summed E-state index contributed by atoms with van der Waals surface area (Å²) in [6.07, 6.45) is 21.7. The number of rotatable bonds is 15. The van der Waals surface area contributed by atoms with E-state index < -0.39 is 5.97 Å². The molecule has 2 aromatic rings. The van der Waals surface area contributed by atoms with E-state index in [0.717, 1.165) is 39.7 Å². The van der Waals surface area contributed by atoms with Crippen LogP contribution in [0.4, 0.5) is 11.4 Å². The molecule has 3 heterocycles. The number of unbranched alkanes of at least 4 members (excludes halogenated alkanes) is 8. The van der Waals surface area contributed by atoms with Crippen LogP contribution >= 0.6 is 15.9 Å². The molecule has 8 heteroatoms. The van der Waals surface area contributed by atoms with Gasteiger partial charge in [0.1, 0.15) is 5.65 Å². The summed E-state index contributed by atoms with van der Waals surface area (Å²) in [5.74, 6) is -0.908. The Morgan fingerprint density at radius 1 is 1.24 bits per heavy atom. The number of halogens is 1. The van der Waals surface area contributed by atoms with Crippen LogP contribution in [0.3, 0.4) is 0 Å². The Balaban J connectivity index is 1.53. The Labute approximate surface area is 211 Å². The van der Waals surface area contributed by atoms with Crippen LogP contribution in [0.15, 0.2) is 40.8 Å². The molecule has 0 amide bonds. The van der Waals surface area contributed by atoms with Crippen molar-refractivity contribution in [1.82, 2.24) is 9.97 Å². The first kappa shape index (κ1) is 26.3. The fourth-order valence-corrected chi connectivity index (χ4v) is 4.80. The first-order chi connectivity index (χ1) is 16.5. The van der Waals surface area contributed by atoms with Gasteiger partial charge in [0.2, 0.25) is 0 Å². The second-order valence-electron chi connectivity index (χ2n) is 9.10. The number of aliphatic carboxylic acids is 1. The summed E-state index contributed by atoms with van der Waals surface area (Å²) in [4.78, 5) is 21.1. The highest BCUT2D eigenvalue weighted by Gasteiger charge is 2.21. The number of allylic oxidation sites excluding steroid dienone is 2. The molecule has 1 atom stereocenters. The molecule has 2 aromatic heterocycles. The van der Waals surface area contributed by atoms with Gasteiger partial charge in [-0.25, -0.2) is 9.78 Å². The van der Waals surface area contributed by atoms with Gasteiger partial charge in [0.15, 0.2) is 0 Å². The van der Waals surface area contributed by atoms with Crippen molar-refractivity contribution in [1.29, 1.82) is 0 Å². The SMILES string of the molecule is CCCCCCCCCCCC(N)CNc1c(Br)cnc2[nH]cc(N3C=CC=C(C(=O)O)C3)c12. The zero-order valence-electron chi connectivity index (χ0n) is 20.2. The molecule has 1 aliphatic rings. The molecule has 1 unspecified atom stereocenters. The molecule has 0 saturated carbocycles. The Kier molecular flexibility index (Phi) is 10.5. The van der Waals surface area contributed by atoms with Gasteiger partial charge in [-0.1, -0.05) is 64.7 Å². The number of aromatic nitrogens is 2. The van der Waals surface area contributed by atoms with E-state index in [2.05, 4.69) is 38.1 Å². The number of hydrogen-bond acceptors (Lipinski definition) is 5. The Morgan fingerprint density at radius 2 is 1.94 bits per heavy atom. The lowest BCUT2D eigenvalue weighted by Crippen LogP contribution is -2.29. The fourth-order valence-electron chi connectivity index (χ4n) is 4.36. The van der Waals surface area contributed by atoms with E-state index in [-0.39, 0.29) is 6.04 Å².